The van der Waals surface area contributed by atoms with Gasteiger partial charge in [-0.25, -0.2) is 4.98 Å². The van der Waals surface area contributed by atoms with E-state index in [-0.39, 0.29) is 18.2 Å². The quantitative estimate of drug-likeness (QED) is 0.681. The van der Waals surface area contributed by atoms with E-state index in [1.54, 1.807) is 0 Å². The van der Waals surface area contributed by atoms with Crippen LogP contribution in [0, 0.1) is 0 Å². The zero-order chi connectivity index (χ0) is 9.97. The Morgan fingerprint density at radius 1 is 1.71 bits per heavy atom. The topological polar surface area (TPSA) is 69.2 Å². The van der Waals surface area contributed by atoms with E-state index in [4.69, 9.17) is 5.11 Å². The van der Waals surface area contributed by atoms with Gasteiger partial charge in [-0.15, -0.1) is 0 Å². The standard InChI is InChI=1S/C9H13N3O2/c13-6-7-2-1-5-12(7)9-10-4-3-8(14)11-9/h3-4,7,13H,1-2,5-6H2,(H,10,11,14)/t7-/m0/s1. The van der Waals surface area contributed by atoms with Gasteiger partial charge in [0.25, 0.3) is 5.56 Å². The fourth-order valence-corrected chi connectivity index (χ4v) is 1.81. The first kappa shape index (κ1) is 9.21. The van der Waals surface area contributed by atoms with E-state index in [1.807, 2.05) is 4.90 Å². The van der Waals surface area contributed by atoms with Crippen LogP contribution in [0.25, 0.3) is 0 Å². The van der Waals surface area contributed by atoms with Crippen LogP contribution in [0.4, 0.5) is 5.95 Å². The Bertz CT molecular complexity index is 363. The van der Waals surface area contributed by atoms with E-state index < -0.39 is 0 Å². The molecule has 5 heteroatoms. The van der Waals surface area contributed by atoms with Gasteiger partial charge in [-0.05, 0) is 12.8 Å². The number of aromatic amines is 1. The molecule has 0 amide bonds. The molecule has 0 aliphatic carbocycles. The summed E-state index contributed by atoms with van der Waals surface area (Å²) in [6.45, 7) is 0.955. The van der Waals surface area contributed by atoms with Crippen molar-refractivity contribution in [2.75, 3.05) is 18.1 Å². The summed E-state index contributed by atoms with van der Waals surface area (Å²) in [7, 11) is 0. The van der Waals surface area contributed by atoms with Crippen LogP contribution in [-0.4, -0.2) is 34.3 Å². The van der Waals surface area contributed by atoms with Crippen molar-refractivity contribution in [3.63, 3.8) is 0 Å². The fraction of sp³-hybridized carbons (Fsp3) is 0.556. The van der Waals surface area contributed by atoms with Crippen molar-refractivity contribution in [1.29, 1.82) is 0 Å². The van der Waals surface area contributed by atoms with Crippen molar-refractivity contribution in [3.05, 3.63) is 22.6 Å². The van der Waals surface area contributed by atoms with Gasteiger partial charge in [-0.1, -0.05) is 0 Å². The third kappa shape index (κ3) is 1.63. The average molecular weight is 195 g/mol. The van der Waals surface area contributed by atoms with Crippen molar-refractivity contribution >= 4 is 5.95 Å². The predicted octanol–water partition coefficient (Wildman–Crippen LogP) is -0.269. The van der Waals surface area contributed by atoms with E-state index >= 15 is 0 Å². The first-order valence-corrected chi connectivity index (χ1v) is 4.74. The fourth-order valence-electron chi connectivity index (χ4n) is 1.81. The predicted molar refractivity (Wildman–Crippen MR) is 52.3 cm³/mol. The molecule has 1 aromatic heterocycles. The number of rotatable bonds is 2. The Kier molecular flexibility index (Phi) is 2.49. The summed E-state index contributed by atoms with van der Waals surface area (Å²) in [4.78, 5) is 19.7. The minimum Gasteiger partial charge on any atom is -0.394 e. The van der Waals surface area contributed by atoms with Gasteiger partial charge >= 0.3 is 0 Å². The van der Waals surface area contributed by atoms with Crippen molar-refractivity contribution < 1.29 is 5.11 Å². The highest BCUT2D eigenvalue weighted by molar-refractivity contribution is 5.32. The Morgan fingerprint density at radius 3 is 3.29 bits per heavy atom. The maximum Gasteiger partial charge on any atom is 0.252 e. The number of nitrogens with zero attached hydrogens (tertiary/aromatic N) is 2. The zero-order valence-corrected chi connectivity index (χ0v) is 7.81. The maximum absolute atomic E-state index is 11.1. The number of aliphatic hydroxyl groups excluding tert-OH is 1. The maximum atomic E-state index is 11.1. The second-order valence-corrected chi connectivity index (χ2v) is 3.43. The monoisotopic (exact) mass is 195 g/mol. The van der Waals surface area contributed by atoms with Gasteiger partial charge in [-0.3, -0.25) is 9.78 Å². The van der Waals surface area contributed by atoms with Crippen molar-refractivity contribution in [1.82, 2.24) is 9.97 Å². The molecule has 0 bridgehead atoms. The number of aliphatic hydroxyl groups is 1. The Balaban J connectivity index is 2.26. The normalized spacial score (nSPS) is 21.5. The lowest BCUT2D eigenvalue weighted by atomic mass is 10.2. The molecule has 0 aromatic carbocycles. The highest BCUT2D eigenvalue weighted by Crippen LogP contribution is 2.20. The van der Waals surface area contributed by atoms with E-state index in [1.165, 1.54) is 12.3 Å². The molecule has 1 aliphatic rings. The van der Waals surface area contributed by atoms with Gasteiger partial charge in [0, 0.05) is 18.8 Å². The summed E-state index contributed by atoms with van der Waals surface area (Å²) in [5, 5.41) is 9.11. The first-order chi connectivity index (χ1) is 6.81. The Hall–Kier alpha value is -1.36. The molecule has 2 rings (SSSR count). The summed E-state index contributed by atoms with van der Waals surface area (Å²) in [5.41, 5.74) is -0.154. The van der Waals surface area contributed by atoms with Crippen LogP contribution in [0.2, 0.25) is 0 Å². The average Bonchev–Trinajstić information content (AvgIpc) is 2.65. The van der Waals surface area contributed by atoms with E-state index in [0.29, 0.717) is 5.95 Å². The van der Waals surface area contributed by atoms with Crippen LogP contribution in [0.3, 0.4) is 0 Å². The number of H-pyrrole nitrogens is 1. The molecule has 1 saturated heterocycles. The second-order valence-electron chi connectivity index (χ2n) is 3.43. The summed E-state index contributed by atoms with van der Waals surface area (Å²) in [6.07, 6.45) is 3.47. The molecule has 1 fully saturated rings. The van der Waals surface area contributed by atoms with E-state index in [0.717, 1.165) is 19.4 Å². The third-order valence-electron chi connectivity index (χ3n) is 2.52. The molecule has 1 aliphatic heterocycles. The molecule has 0 unspecified atom stereocenters. The number of nitrogens with one attached hydrogen (secondary N) is 1. The molecule has 5 nitrogen and oxygen atoms in total. The summed E-state index contributed by atoms with van der Waals surface area (Å²) >= 11 is 0. The summed E-state index contributed by atoms with van der Waals surface area (Å²) < 4.78 is 0. The number of aromatic nitrogens is 2. The van der Waals surface area contributed by atoms with Crippen LogP contribution in [0.1, 0.15) is 12.8 Å². The Labute approximate surface area is 81.4 Å². The van der Waals surface area contributed by atoms with E-state index in [2.05, 4.69) is 9.97 Å². The number of hydrogen-bond acceptors (Lipinski definition) is 4. The third-order valence-corrected chi connectivity index (χ3v) is 2.52. The smallest absolute Gasteiger partial charge is 0.252 e. The van der Waals surface area contributed by atoms with Crippen LogP contribution in [0.15, 0.2) is 17.1 Å². The molecule has 2 heterocycles. The van der Waals surface area contributed by atoms with Gasteiger partial charge in [0.1, 0.15) is 0 Å². The largest absolute Gasteiger partial charge is 0.394 e. The molecule has 1 atom stereocenters. The molecule has 0 saturated carbocycles. The van der Waals surface area contributed by atoms with Crippen molar-refractivity contribution in [2.24, 2.45) is 0 Å². The van der Waals surface area contributed by atoms with Gasteiger partial charge < -0.3 is 10.0 Å². The lowest BCUT2D eigenvalue weighted by Crippen LogP contribution is -2.34. The van der Waals surface area contributed by atoms with Gasteiger partial charge in [-0.2, -0.15) is 0 Å². The molecule has 76 valence electrons. The van der Waals surface area contributed by atoms with Gasteiger partial charge in [0.15, 0.2) is 0 Å². The lowest BCUT2D eigenvalue weighted by molar-refractivity contribution is 0.265. The van der Waals surface area contributed by atoms with Crippen LogP contribution >= 0.6 is 0 Å². The lowest BCUT2D eigenvalue weighted by Gasteiger charge is -2.22. The van der Waals surface area contributed by atoms with Crippen LogP contribution in [0.5, 0.6) is 0 Å². The molecule has 0 radical (unpaired) electrons. The van der Waals surface area contributed by atoms with Crippen LogP contribution in [-0.2, 0) is 0 Å². The summed E-state index contributed by atoms with van der Waals surface area (Å²) in [5.74, 6) is 0.564. The number of hydrogen-bond donors (Lipinski definition) is 2. The molecular weight excluding hydrogens is 182 g/mol. The highest BCUT2D eigenvalue weighted by atomic mass is 16.3. The minimum absolute atomic E-state index is 0.0977. The first-order valence-electron chi connectivity index (χ1n) is 4.74. The molecule has 1 aromatic rings. The van der Waals surface area contributed by atoms with Gasteiger partial charge in [0.05, 0.1) is 12.6 Å². The minimum atomic E-state index is -0.154. The SMILES string of the molecule is O=c1ccnc(N2CCC[C@H]2CO)[nH]1. The van der Waals surface area contributed by atoms with Crippen LogP contribution < -0.4 is 10.5 Å². The molecular formula is C9H13N3O2. The highest BCUT2D eigenvalue weighted by Gasteiger charge is 2.25. The summed E-state index contributed by atoms with van der Waals surface area (Å²) in [6, 6.07) is 1.48. The molecule has 0 spiro atoms. The molecule has 2 N–H and O–H groups in total. The van der Waals surface area contributed by atoms with E-state index in [9.17, 15) is 4.79 Å². The zero-order valence-electron chi connectivity index (χ0n) is 7.81. The second kappa shape index (κ2) is 3.79. The molecule has 14 heavy (non-hydrogen) atoms. The Morgan fingerprint density at radius 2 is 2.57 bits per heavy atom. The number of anilines is 1. The van der Waals surface area contributed by atoms with Crippen molar-refractivity contribution in [2.45, 2.75) is 18.9 Å². The van der Waals surface area contributed by atoms with Crippen molar-refractivity contribution in [3.8, 4) is 0 Å². The van der Waals surface area contributed by atoms with Gasteiger partial charge in [0.2, 0.25) is 5.95 Å².